The van der Waals surface area contributed by atoms with Gasteiger partial charge < -0.3 is 15.0 Å². The van der Waals surface area contributed by atoms with E-state index in [9.17, 15) is 18.8 Å². The second kappa shape index (κ2) is 8.56. The van der Waals surface area contributed by atoms with Crippen molar-refractivity contribution in [3.8, 4) is 11.8 Å². The number of amides is 1. The molecule has 158 valence electrons. The van der Waals surface area contributed by atoms with Crippen LogP contribution in [0.5, 0.6) is 5.75 Å². The standard InChI is InChI=1S/C23H20F2N4O2/c1-31-17-3-5-21-18(11-17)22(15(12-26)13-27-21)29-8-6-14(7-9-29)23(30)28-16-2-4-19(24)20(25)10-16/h2-5,10-11,13-14H,6-9H2,1H3,(H,28,30). The van der Waals surface area contributed by atoms with Crippen LogP contribution in [0.15, 0.2) is 42.6 Å². The number of carbonyl (C=O) groups is 1. The molecule has 0 saturated carbocycles. The van der Waals surface area contributed by atoms with Gasteiger partial charge in [0.2, 0.25) is 5.91 Å². The van der Waals surface area contributed by atoms with Crippen molar-refractivity contribution in [3.05, 3.63) is 59.8 Å². The van der Waals surface area contributed by atoms with E-state index in [0.717, 1.165) is 28.7 Å². The second-order valence-electron chi connectivity index (χ2n) is 7.39. The van der Waals surface area contributed by atoms with Crippen LogP contribution in [0.25, 0.3) is 10.9 Å². The fraction of sp³-hybridized carbons (Fsp3) is 0.261. The molecule has 2 aromatic carbocycles. The Balaban J connectivity index is 1.52. The van der Waals surface area contributed by atoms with Gasteiger partial charge in [-0.3, -0.25) is 9.78 Å². The summed E-state index contributed by atoms with van der Waals surface area (Å²) in [5, 5.41) is 13.1. The zero-order valence-corrected chi connectivity index (χ0v) is 16.9. The number of piperidine rings is 1. The summed E-state index contributed by atoms with van der Waals surface area (Å²) in [5.74, 6) is -1.78. The van der Waals surface area contributed by atoms with Gasteiger partial charge in [0.1, 0.15) is 11.8 Å². The van der Waals surface area contributed by atoms with Crippen LogP contribution in [0.1, 0.15) is 18.4 Å². The van der Waals surface area contributed by atoms with Gasteiger partial charge in [0.25, 0.3) is 0 Å². The number of hydrogen-bond donors (Lipinski definition) is 1. The summed E-state index contributed by atoms with van der Waals surface area (Å²) in [6, 6.07) is 11.0. The van der Waals surface area contributed by atoms with Crippen LogP contribution in [-0.2, 0) is 4.79 Å². The van der Waals surface area contributed by atoms with Gasteiger partial charge >= 0.3 is 0 Å². The van der Waals surface area contributed by atoms with E-state index in [-0.39, 0.29) is 17.5 Å². The molecule has 31 heavy (non-hydrogen) atoms. The van der Waals surface area contributed by atoms with Crippen LogP contribution in [0.3, 0.4) is 0 Å². The van der Waals surface area contributed by atoms with Crippen molar-refractivity contribution in [1.29, 1.82) is 5.26 Å². The van der Waals surface area contributed by atoms with Crippen molar-refractivity contribution < 1.29 is 18.3 Å². The predicted octanol–water partition coefficient (Wildman–Crippen LogP) is 4.25. The van der Waals surface area contributed by atoms with Crippen LogP contribution in [-0.4, -0.2) is 31.1 Å². The largest absolute Gasteiger partial charge is 0.497 e. The predicted molar refractivity (Wildman–Crippen MR) is 113 cm³/mol. The Hall–Kier alpha value is -3.73. The normalized spacial score (nSPS) is 14.3. The van der Waals surface area contributed by atoms with Crippen molar-refractivity contribution >= 4 is 28.2 Å². The number of pyridine rings is 1. The zero-order valence-electron chi connectivity index (χ0n) is 16.9. The number of anilines is 2. The summed E-state index contributed by atoms with van der Waals surface area (Å²) in [6.45, 7) is 1.14. The fourth-order valence-corrected chi connectivity index (χ4v) is 3.89. The summed E-state index contributed by atoms with van der Waals surface area (Å²) >= 11 is 0. The molecule has 1 N–H and O–H groups in total. The topological polar surface area (TPSA) is 78.2 Å². The molecule has 0 radical (unpaired) electrons. The van der Waals surface area contributed by atoms with E-state index < -0.39 is 11.6 Å². The molecule has 4 rings (SSSR count). The van der Waals surface area contributed by atoms with E-state index in [4.69, 9.17) is 4.74 Å². The van der Waals surface area contributed by atoms with Crippen molar-refractivity contribution in [1.82, 2.24) is 4.98 Å². The van der Waals surface area contributed by atoms with Crippen LogP contribution >= 0.6 is 0 Å². The Bertz CT molecular complexity index is 1180. The molecular weight excluding hydrogens is 402 g/mol. The number of rotatable bonds is 4. The zero-order chi connectivity index (χ0) is 22.0. The summed E-state index contributed by atoms with van der Waals surface area (Å²) in [4.78, 5) is 19.0. The van der Waals surface area contributed by atoms with Gasteiger partial charge in [-0.25, -0.2) is 8.78 Å². The first-order valence-electron chi connectivity index (χ1n) is 9.88. The van der Waals surface area contributed by atoms with Gasteiger partial charge in [0.05, 0.1) is 23.9 Å². The number of hydrogen-bond acceptors (Lipinski definition) is 5. The smallest absolute Gasteiger partial charge is 0.227 e. The first-order chi connectivity index (χ1) is 15.0. The Labute approximate surface area is 178 Å². The number of ether oxygens (including phenoxy) is 1. The number of methoxy groups -OCH3 is 1. The number of nitrogens with one attached hydrogen (secondary N) is 1. The summed E-state index contributed by atoms with van der Waals surface area (Å²) in [7, 11) is 1.58. The highest BCUT2D eigenvalue weighted by Gasteiger charge is 2.27. The monoisotopic (exact) mass is 422 g/mol. The molecule has 1 aliphatic heterocycles. The number of carbonyl (C=O) groups excluding carboxylic acids is 1. The lowest BCUT2D eigenvalue weighted by molar-refractivity contribution is -0.120. The summed E-state index contributed by atoms with van der Waals surface area (Å²) in [6.07, 6.45) is 2.69. The van der Waals surface area contributed by atoms with Crippen LogP contribution in [0, 0.1) is 28.9 Å². The molecule has 6 nitrogen and oxygen atoms in total. The maximum absolute atomic E-state index is 13.4. The minimum atomic E-state index is -1.00. The lowest BCUT2D eigenvalue weighted by Gasteiger charge is -2.34. The third kappa shape index (κ3) is 4.12. The maximum atomic E-state index is 13.4. The highest BCUT2D eigenvalue weighted by atomic mass is 19.2. The Morgan fingerprint density at radius 1 is 1.19 bits per heavy atom. The molecule has 0 bridgehead atoms. The first kappa shape index (κ1) is 20.5. The van der Waals surface area contributed by atoms with Crippen molar-refractivity contribution in [3.63, 3.8) is 0 Å². The lowest BCUT2D eigenvalue weighted by Crippen LogP contribution is -2.38. The van der Waals surface area contributed by atoms with E-state index in [1.807, 2.05) is 18.2 Å². The molecule has 8 heteroatoms. The number of fused-ring (bicyclic) bond motifs is 1. The Morgan fingerprint density at radius 3 is 2.65 bits per heavy atom. The van der Waals surface area contributed by atoms with Crippen LogP contribution in [0.2, 0.25) is 0 Å². The average Bonchev–Trinajstić information content (AvgIpc) is 2.80. The molecule has 1 saturated heterocycles. The minimum Gasteiger partial charge on any atom is -0.497 e. The van der Waals surface area contributed by atoms with Gasteiger partial charge in [-0.1, -0.05) is 0 Å². The van der Waals surface area contributed by atoms with Gasteiger partial charge in [-0.05, 0) is 43.2 Å². The van der Waals surface area contributed by atoms with Gasteiger partial charge in [-0.15, -0.1) is 0 Å². The minimum absolute atomic E-state index is 0.227. The Kier molecular flexibility index (Phi) is 5.67. The van der Waals surface area contributed by atoms with Crippen molar-refractivity contribution in [2.75, 3.05) is 30.4 Å². The van der Waals surface area contributed by atoms with Crippen molar-refractivity contribution in [2.24, 2.45) is 5.92 Å². The summed E-state index contributed by atoms with van der Waals surface area (Å²) in [5.41, 5.74) is 2.23. The molecule has 2 heterocycles. The molecular formula is C23H20F2N4O2. The molecule has 0 unspecified atom stereocenters. The molecule has 1 aliphatic rings. The highest BCUT2D eigenvalue weighted by Crippen LogP contribution is 2.34. The fourth-order valence-electron chi connectivity index (χ4n) is 3.89. The van der Waals surface area contributed by atoms with Crippen LogP contribution < -0.4 is 15.0 Å². The average molecular weight is 422 g/mol. The van der Waals surface area contributed by atoms with Gasteiger partial charge in [-0.2, -0.15) is 5.26 Å². The second-order valence-corrected chi connectivity index (χ2v) is 7.39. The number of nitrogens with zero attached hydrogens (tertiary/aromatic N) is 3. The third-order valence-corrected chi connectivity index (χ3v) is 5.54. The molecule has 3 aromatic rings. The van der Waals surface area contributed by atoms with E-state index in [2.05, 4.69) is 21.3 Å². The SMILES string of the molecule is COc1ccc2ncc(C#N)c(N3CCC(C(=O)Nc4ccc(F)c(F)c4)CC3)c2c1. The molecule has 0 spiro atoms. The summed E-state index contributed by atoms with van der Waals surface area (Å²) < 4.78 is 31.8. The maximum Gasteiger partial charge on any atom is 0.227 e. The number of aromatic nitrogens is 1. The molecule has 0 aliphatic carbocycles. The van der Waals surface area contributed by atoms with E-state index in [1.165, 1.54) is 6.07 Å². The van der Waals surface area contributed by atoms with E-state index in [1.54, 1.807) is 13.3 Å². The van der Waals surface area contributed by atoms with Gasteiger partial charge in [0, 0.05) is 42.3 Å². The number of benzene rings is 2. The van der Waals surface area contributed by atoms with Crippen LogP contribution in [0.4, 0.5) is 20.2 Å². The molecule has 1 amide bonds. The Morgan fingerprint density at radius 2 is 1.97 bits per heavy atom. The van der Waals surface area contributed by atoms with Crippen molar-refractivity contribution in [2.45, 2.75) is 12.8 Å². The molecule has 1 fully saturated rings. The lowest BCUT2D eigenvalue weighted by atomic mass is 9.94. The quantitative estimate of drug-likeness (QED) is 0.680. The van der Waals surface area contributed by atoms with E-state index in [0.29, 0.717) is 37.2 Å². The number of nitriles is 1. The molecule has 0 atom stereocenters. The first-order valence-corrected chi connectivity index (χ1v) is 9.88. The highest BCUT2D eigenvalue weighted by molar-refractivity contribution is 5.96. The van der Waals surface area contributed by atoms with E-state index >= 15 is 0 Å². The third-order valence-electron chi connectivity index (χ3n) is 5.54. The number of halogens is 2. The van der Waals surface area contributed by atoms with Gasteiger partial charge in [0.15, 0.2) is 11.6 Å². The molecule has 1 aromatic heterocycles.